The van der Waals surface area contributed by atoms with Gasteiger partial charge in [0.2, 0.25) is 5.76 Å². The van der Waals surface area contributed by atoms with Gasteiger partial charge in [0.25, 0.3) is 5.91 Å². The lowest BCUT2D eigenvalue weighted by Gasteiger charge is -2.05. The highest BCUT2D eigenvalue weighted by Crippen LogP contribution is 2.22. The van der Waals surface area contributed by atoms with Crippen LogP contribution in [0.3, 0.4) is 0 Å². The van der Waals surface area contributed by atoms with E-state index >= 15 is 0 Å². The van der Waals surface area contributed by atoms with Gasteiger partial charge in [-0.15, -0.1) is 0 Å². The highest BCUT2D eigenvalue weighted by Gasteiger charge is 2.10. The van der Waals surface area contributed by atoms with Crippen LogP contribution >= 0.6 is 0 Å². The fourth-order valence-corrected chi connectivity index (χ4v) is 1.86. The van der Waals surface area contributed by atoms with Crippen molar-refractivity contribution in [3.05, 3.63) is 60.6 Å². The molecule has 0 aliphatic rings. The van der Waals surface area contributed by atoms with Gasteiger partial charge < -0.3 is 15.6 Å². The molecule has 3 rings (SSSR count). The number of carbonyl (C=O) groups is 1. The van der Waals surface area contributed by atoms with Gasteiger partial charge >= 0.3 is 0 Å². The van der Waals surface area contributed by atoms with Gasteiger partial charge in [-0.25, -0.2) is 0 Å². The molecular formula is C15H12N4O2. The first kappa shape index (κ1) is 12.9. The van der Waals surface area contributed by atoms with Gasteiger partial charge in [-0.05, 0) is 24.3 Å². The topological polar surface area (TPSA) is 94.0 Å². The highest BCUT2D eigenvalue weighted by atomic mass is 16.5. The van der Waals surface area contributed by atoms with Crippen LogP contribution in [0.15, 0.2) is 59.4 Å². The normalized spacial score (nSPS) is 10.3. The molecule has 0 spiro atoms. The number of pyridine rings is 1. The predicted molar refractivity (Wildman–Crippen MR) is 78.0 cm³/mol. The molecule has 1 aromatic carbocycles. The Labute approximate surface area is 120 Å². The van der Waals surface area contributed by atoms with Crippen LogP contribution in [0.2, 0.25) is 0 Å². The van der Waals surface area contributed by atoms with Crippen LogP contribution in [0.5, 0.6) is 0 Å². The monoisotopic (exact) mass is 280 g/mol. The Morgan fingerprint density at radius 1 is 1.14 bits per heavy atom. The summed E-state index contributed by atoms with van der Waals surface area (Å²) in [5.41, 5.74) is 8.36. The first-order valence-corrected chi connectivity index (χ1v) is 6.26. The number of nitrogens with one attached hydrogen (secondary N) is 1. The Hall–Kier alpha value is -3.15. The second-order valence-corrected chi connectivity index (χ2v) is 4.38. The predicted octanol–water partition coefficient (Wildman–Crippen LogP) is 2.58. The van der Waals surface area contributed by atoms with Crippen molar-refractivity contribution in [2.24, 2.45) is 5.73 Å². The summed E-state index contributed by atoms with van der Waals surface area (Å²) in [6.07, 6.45) is 3.46. The first-order chi connectivity index (χ1) is 10.2. The Morgan fingerprint density at radius 2 is 1.95 bits per heavy atom. The Kier molecular flexibility index (Phi) is 3.34. The van der Waals surface area contributed by atoms with E-state index in [4.69, 9.17) is 10.3 Å². The van der Waals surface area contributed by atoms with Crippen molar-refractivity contribution < 1.29 is 9.32 Å². The molecule has 0 aliphatic carbocycles. The number of amides is 1. The smallest absolute Gasteiger partial charge is 0.287 e. The van der Waals surface area contributed by atoms with Crippen LogP contribution in [0.1, 0.15) is 10.6 Å². The summed E-state index contributed by atoms with van der Waals surface area (Å²) >= 11 is 0. The van der Waals surface area contributed by atoms with Crippen molar-refractivity contribution in [1.29, 1.82) is 0 Å². The molecule has 0 aliphatic heterocycles. The lowest BCUT2D eigenvalue weighted by Crippen LogP contribution is -2.09. The lowest BCUT2D eigenvalue weighted by molar-refractivity contribution is 0.0965. The first-order valence-electron chi connectivity index (χ1n) is 6.26. The van der Waals surface area contributed by atoms with Crippen molar-refractivity contribution >= 4 is 17.3 Å². The standard InChI is InChI=1S/C15H12N4O2/c16-15(20)14-8-13(19-21-14)10-3-5-11(6-4-10)18-12-2-1-7-17-9-12/h1-9,18H,(H2,16,20). The largest absolute Gasteiger partial charge is 0.363 e. The van der Waals surface area contributed by atoms with Gasteiger partial charge in [-0.1, -0.05) is 17.3 Å². The van der Waals surface area contributed by atoms with E-state index < -0.39 is 5.91 Å². The Bertz CT molecular complexity index is 751. The summed E-state index contributed by atoms with van der Waals surface area (Å²) in [5, 5.41) is 7.04. The number of anilines is 2. The molecule has 3 aromatic rings. The maximum Gasteiger partial charge on any atom is 0.287 e. The molecule has 1 amide bonds. The molecule has 0 saturated carbocycles. The second-order valence-electron chi connectivity index (χ2n) is 4.38. The van der Waals surface area contributed by atoms with Crippen LogP contribution in [-0.2, 0) is 0 Å². The fraction of sp³-hybridized carbons (Fsp3) is 0. The highest BCUT2D eigenvalue weighted by molar-refractivity contribution is 5.90. The zero-order valence-corrected chi connectivity index (χ0v) is 11.0. The molecule has 2 heterocycles. The number of nitrogens with zero attached hydrogens (tertiary/aromatic N) is 2. The number of rotatable bonds is 4. The molecule has 3 N–H and O–H groups in total. The molecule has 2 aromatic heterocycles. The minimum absolute atomic E-state index is 0.0440. The minimum Gasteiger partial charge on any atom is -0.363 e. The Morgan fingerprint density at radius 3 is 2.57 bits per heavy atom. The van der Waals surface area contributed by atoms with E-state index in [-0.39, 0.29) is 5.76 Å². The van der Waals surface area contributed by atoms with E-state index in [0.717, 1.165) is 16.9 Å². The van der Waals surface area contributed by atoms with E-state index in [0.29, 0.717) is 5.69 Å². The van der Waals surface area contributed by atoms with Crippen LogP contribution in [-0.4, -0.2) is 16.0 Å². The van der Waals surface area contributed by atoms with Gasteiger partial charge in [-0.3, -0.25) is 9.78 Å². The van der Waals surface area contributed by atoms with E-state index in [1.54, 1.807) is 12.4 Å². The molecule has 0 atom stereocenters. The quantitative estimate of drug-likeness (QED) is 0.766. The average Bonchev–Trinajstić information content (AvgIpc) is 2.99. The molecule has 0 bridgehead atoms. The van der Waals surface area contributed by atoms with Crippen LogP contribution in [0, 0.1) is 0 Å². The van der Waals surface area contributed by atoms with Gasteiger partial charge in [0.05, 0.1) is 11.9 Å². The number of nitrogens with two attached hydrogens (primary N) is 1. The SMILES string of the molecule is NC(=O)c1cc(-c2ccc(Nc3cccnc3)cc2)no1. The van der Waals surface area contributed by atoms with Gasteiger partial charge in [0.15, 0.2) is 0 Å². The fourth-order valence-electron chi connectivity index (χ4n) is 1.86. The molecule has 6 heteroatoms. The third-order valence-electron chi connectivity index (χ3n) is 2.88. The summed E-state index contributed by atoms with van der Waals surface area (Å²) in [6.45, 7) is 0. The summed E-state index contributed by atoms with van der Waals surface area (Å²) in [6, 6.07) is 12.9. The summed E-state index contributed by atoms with van der Waals surface area (Å²) in [7, 11) is 0. The second kappa shape index (κ2) is 5.46. The molecule has 0 fully saturated rings. The summed E-state index contributed by atoms with van der Waals surface area (Å²) in [5.74, 6) is -0.592. The molecule has 6 nitrogen and oxygen atoms in total. The summed E-state index contributed by atoms with van der Waals surface area (Å²) in [4.78, 5) is 15.0. The number of carbonyl (C=O) groups excluding carboxylic acids is 1. The van der Waals surface area contributed by atoms with E-state index in [1.165, 1.54) is 6.07 Å². The van der Waals surface area contributed by atoms with Gasteiger partial charge in [0.1, 0.15) is 5.69 Å². The molecular weight excluding hydrogens is 268 g/mol. The third-order valence-corrected chi connectivity index (χ3v) is 2.88. The summed E-state index contributed by atoms with van der Waals surface area (Å²) < 4.78 is 4.86. The molecule has 21 heavy (non-hydrogen) atoms. The maximum atomic E-state index is 11.0. The molecule has 0 radical (unpaired) electrons. The van der Waals surface area contributed by atoms with Gasteiger partial charge in [-0.2, -0.15) is 0 Å². The number of benzene rings is 1. The van der Waals surface area contributed by atoms with Crippen molar-refractivity contribution in [3.63, 3.8) is 0 Å². The van der Waals surface area contributed by atoms with Crippen molar-refractivity contribution in [2.45, 2.75) is 0 Å². The number of hydrogen-bond donors (Lipinski definition) is 2. The van der Waals surface area contributed by atoms with Crippen LogP contribution in [0.4, 0.5) is 11.4 Å². The number of primary amides is 1. The minimum atomic E-state index is -0.636. The zero-order valence-electron chi connectivity index (χ0n) is 11.0. The third kappa shape index (κ3) is 2.89. The maximum absolute atomic E-state index is 11.0. The molecule has 0 saturated heterocycles. The lowest BCUT2D eigenvalue weighted by atomic mass is 10.1. The van der Waals surface area contributed by atoms with Crippen molar-refractivity contribution in [1.82, 2.24) is 10.1 Å². The molecule has 0 unspecified atom stereocenters. The Balaban J connectivity index is 1.78. The van der Waals surface area contributed by atoms with Crippen molar-refractivity contribution in [3.8, 4) is 11.3 Å². The number of aromatic nitrogens is 2. The molecule has 104 valence electrons. The van der Waals surface area contributed by atoms with Crippen molar-refractivity contribution in [2.75, 3.05) is 5.32 Å². The van der Waals surface area contributed by atoms with E-state index in [9.17, 15) is 4.79 Å². The zero-order chi connectivity index (χ0) is 14.7. The average molecular weight is 280 g/mol. The number of hydrogen-bond acceptors (Lipinski definition) is 5. The van der Waals surface area contributed by atoms with E-state index in [2.05, 4.69) is 15.5 Å². The van der Waals surface area contributed by atoms with Crippen LogP contribution in [0.25, 0.3) is 11.3 Å². The van der Waals surface area contributed by atoms with Gasteiger partial charge in [0, 0.05) is 23.5 Å². The van der Waals surface area contributed by atoms with Crippen LogP contribution < -0.4 is 11.1 Å². The van der Waals surface area contributed by atoms with E-state index in [1.807, 2.05) is 36.4 Å².